The van der Waals surface area contributed by atoms with Gasteiger partial charge in [-0.25, -0.2) is 0 Å². The van der Waals surface area contributed by atoms with E-state index < -0.39 is 12.6 Å². The third-order valence-corrected chi connectivity index (χ3v) is 2.04. The number of halogens is 3. The minimum Gasteiger partial charge on any atom is -0.354 e. The fourth-order valence-corrected chi connectivity index (χ4v) is 1.26. The predicted molar refractivity (Wildman–Crippen MR) is 52.5 cm³/mol. The van der Waals surface area contributed by atoms with E-state index in [0.717, 1.165) is 12.1 Å². The van der Waals surface area contributed by atoms with Crippen LogP contribution in [0.5, 0.6) is 0 Å². The predicted octanol–water partition coefficient (Wildman–Crippen LogP) is 2.55. The lowest BCUT2D eigenvalue weighted by Crippen LogP contribution is -2.12. The third-order valence-electron chi connectivity index (χ3n) is 2.04. The molecule has 0 aromatic carbocycles. The fourth-order valence-electron chi connectivity index (χ4n) is 1.26. The smallest absolute Gasteiger partial charge is 0.354 e. The van der Waals surface area contributed by atoms with E-state index in [0.29, 0.717) is 6.54 Å². The van der Waals surface area contributed by atoms with E-state index in [1.54, 1.807) is 17.0 Å². The number of alkyl halides is 3. The summed E-state index contributed by atoms with van der Waals surface area (Å²) in [5, 5.41) is 3.11. The molecular formula is C10H15F3N2. The van der Waals surface area contributed by atoms with Crippen LogP contribution in [0.4, 0.5) is 13.2 Å². The largest absolute Gasteiger partial charge is 0.390 e. The van der Waals surface area contributed by atoms with Gasteiger partial charge < -0.3 is 9.88 Å². The monoisotopic (exact) mass is 220 g/mol. The van der Waals surface area contributed by atoms with Gasteiger partial charge in [-0.3, -0.25) is 0 Å². The highest BCUT2D eigenvalue weighted by atomic mass is 19.4. The van der Waals surface area contributed by atoms with E-state index >= 15 is 0 Å². The van der Waals surface area contributed by atoms with Crippen molar-refractivity contribution >= 4 is 0 Å². The van der Waals surface area contributed by atoms with E-state index in [1.807, 2.05) is 13.0 Å². The molecular weight excluding hydrogens is 205 g/mol. The lowest BCUT2D eigenvalue weighted by Gasteiger charge is -2.06. The molecule has 86 valence electrons. The highest BCUT2D eigenvalue weighted by Crippen LogP contribution is 2.20. The molecule has 0 spiro atoms. The van der Waals surface area contributed by atoms with Crippen molar-refractivity contribution in [1.29, 1.82) is 0 Å². The standard InChI is InChI=1S/C10H15F3N2/c1-2-14-7-9-3-5-15(8-9)6-4-10(11,12)13/h3,5,8,14H,2,4,6-7H2,1H3. The molecule has 0 unspecified atom stereocenters. The van der Waals surface area contributed by atoms with Crippen LogP contribution in [0.15, 0.2) is 18.5 Å². The first-order valence-corrected chi connectivity index (χ1v) is 4.93. The Labute approximate surface area is 87.1 Å². The van der Waals surface area contributed by atoms with Crippen LogP contribution in [-0.2, 0) is 13.1 Å². The Morgan fingerprint density at radius 3 is 2.73 bits per heavy atom. The fraction of sp³-hybridized carbons (Fsp3) is 0.600. The van der Waals surface area contributed by atoms with E-state index in [-0.39, 0.29) is 6.54 Å². The Morgan fingerprint density at radius 2 is 2.13 bits per heavy atom. The van der Waals surface area contributed by atoms with Crippen LogP contribution in [0.25, 0.3) is 0 Å². The average molecular weight is 220 g/mol. The van der Waals surface area contributed by atoms with Gasteiger partial charge in [0.05, 0.1) is 6.42 Å². The molecule has 0 atom stereocenters. The van der Waals surface area contributed by atoms with Gasteiger partial charge in [0.1, 0.15) is 0 Å². The van der Waals surface area contributed by atoms with Crippen molar-refractivity contribution in [2.45, 2.75) is 32.6 Å². The van der Waals surface area contributed by atoms with Crippen molar-refractivity contribution in [3.8, 4) is 0 Å². The molecule has 0 saturated carbocycles. The zero-order chi connectivity index (χ0) is 11.3. The zero-order valence-electron chi connectivity index (χ0n) is 8.64. The van der Waals surface area contributed by atoms with Crippen LogP contribution in [0.2, 0.25) is 0 Å². The van der Waals surface area contributed by atoms with Crippen LogP contribution in [0, 0.1) is 0 Å². The Morgan fingerprint density at radius 1 is 1.40 bits per heavy atom. The number of hydrogen-bond donors (Lipinski definition) is 1. The summed E-state index contributed by atoms with van der Waals surface area (Å²) in [7, 11) is 0. The van der Waals surface area contributed by atoms with Gasteiger partial charge >= 0.3 is 6.18 Å². The van der Waals surface area contributed by atoms with E-state index in [1.165, 1.54) is 0 Å². The molecule has 0 bridgehead atoms. The highest BCUT2D eigenvalue weighted by Gasteiger charge is 2.26. The first kappa shape index (κ1) is 12.1. The normalized spacial score (nSPS) is 12.0. The minimum absolute atomic E-state index is 0.00434. The molecule has 0 radical (unpaired) electrons. The number of aromatic nitrogens is 1. The topological polar surface area (TPSA) is 17.0 Å². The molecule has 0 aliphatic carbocycles. The van der Waals surface area contributed by atoms with Gasteiger partial charge in [0.25, 0.3) is 0 Å². The molecule has 5 heteroatoms. The summed E-state index contributed by atoms with van der Waals surface area (Å²) in [6.45, 7) is 3.54. The van der Waals surface area contributed by atoms with Crippen molar-refractivity contribution in [2.75, 3.05) is 6.54 Å². The summed E-state index contributed by atoms with van der Waals surface area (Å²) in [4.78, 5) is 0. The lowest BCUT2D eigenvalue weighted by molar-refractivity contribution is -0.136. The molecule has 1 heterocycles. The van der Waals surface area contributed by atoms with Gasteiger partial charge in [0.2, 0.25) is 0 Å². The molecule has 1 rings (SSSR count). The second-order valence-electron chi connectivity index (χ2n) is 3.40. The number of hydrogen-bond acceptors (Lipinski definition) is 1. The summed E-state index contributed by atoms with van der Waals surface area (Å²) < 4.78 is 37.3. The number of nitrogens with one attached hydrogen (secondary N) is 1. The molecule has 1 aromatic rings. The van der Waals surface area contributed by atoms with Gasteiger partial charge in [-0.2, -0.15) is 13.2 Å². The number of rotatable bonds is 5. The molecule has 1 N–H and O–H groups in total. The Bertz CT molecular complexity index is 291. The molecule has 1 aromatic heterocycles. The summed E-state index contributed by atoms with van der Waals surface area (Å²) in [6.07, 6.45) is -1.43. The van der Waals surface area contributed by atoms with E-state index in [9.17, 15) is 13.2 Å². The molecule has 15 heavy (non-hydrogen) atoms. The third kappa shape index (κ3) is 4.88. The van der Waals surface area contributed by atoms with Crippen LogP contribution in [0.3, 0.4) is 0 Å². The zero-order valence-corrected chi connectivity index (χ0v) is 8.64. The minimum atomic E-state index is -4.08. The second kappa shape index (κ2) is 5.21. The maximum Gasteiger partial charge on any atom is 0.390 e. The number of nitrogens with zero attached hydrogens (tertiary/aromatic N) is 1. The molecule has 0 aliphatic heterocycles. The molecule has 0 aliphatic rings. The molecule has 0 amide bonds. The summed E-state index contributed by atoms with van der Waals surface area (Å²) in [5.74, 6) is 0. The van der Waals surface area contributed by atoms with Gasteiger partial charge in [-0.15, -0.1) is 0 Å². The second-order valence-corrected chi connectivity index (χ2v) is 3.40. The van der Waals surface area contributed by atoms with Crippen molar-refractivity contribution in [2.24, 2.45) is 0 Å². The first-order chi connectivity index (χ1) is 7.01. The Kier molecular flexibility index (Phi) is 4.20. The first-order valence-electron chi connectivity index (χ1n) is 4.93. The van der Waals surface area contributed by atoms with Crippen LogP contribution in [0.1, 0.15) is 18.9 Å². The van der Waals surface area contributed by atoms with Crippen molar-refractivity contribution in [3.05, 3.63) is 24.0 Å². The maximum atomic E-state index is 11.9. The van der Waals surface area contributed by atoms with Gasteiger partial charge in [-0.05, 0) is 18.2 Å². The highest BCUT2D eigenvalue weighted by molar-refractivity contribution is 5.09. The quantitative estimate of drug-likeness (QED) is 0.807. The van der Waals surface area contributed by atoms with Gasteiger partial charge in [0.15, 0.2) is 0 Å². The maximum absolute atomic E-state index is 11.9. The van der Waals surface area contributed by atoms with Crippen molar-refractivity contribution < 1.29 is 13.2 Å². The van der Waals surface area contributed by atoms with Gasteiger partial charge in [0, 0.05) is 25.5 Å². The van der Waals surface area contributed by atoms with Crippen LogP contribution >= 0.6 is 0 Å². The van der Waals surface area contributed by atoms with Crippen LogP contribution < -0.4 is 5.32 Å². The summed E-state index contributed by atoms with van der Waals surface area (Å²) in [6, 6.07) is 1.83. The van der Waals surface area contributed by atoms with Crippen LogP contribution in [-0.4, -0.2) is 17.3 Å². The average Bonchev–Trinajstić information content (AvgIpc) is 2.58. The Balaban J connectivity index is 2.39. The molecule has 0 fully saturated rings. The lowest BCUT2D eigenvalue weighted by atomic mass is 10.3. The SMILES string of the molecule is CCNCc1ccn(CCC(F)(F)F)c1. The van der Waals surface area contributed by atoms with E-state index in [2.05, 4.69) is 5.32 Å². The number of aryl methyl sites for hydroxylation is 1. The summed E-state index contributed by atoms with van der Waals surface area (Å²) >= 11 is 0. The van der Waals surface area contributed by atoms with Gasteiger partial charge in [-0.1, -0.05) is 6.92 Å². The summed E-state index contributed by atoms with van der Waals surface area (Å²) in [5.41, 5.74) is 1.01. The molecule has 2 nitrogen and oxygen atoms in total. The Hall–Kier alpha value is -0.970. The van der Waals surface area contributed by atoms with E-state index in [4.69, 9.17) is 0 Å². The molecule has 0 saturated heterocycles. The van der Waals surface area contributed by atoms with Crippen molar-refractivity contribution in [3.63, 3.8) is 0 Å². The van der Waals surface area contributed by atoms with Crippen molar-refractivity contribution in [1.82, 2.24) is 9.88 Å².